The van der Waals surface area contributed by atoms with Crippen LogP contribution in [-0.2, 0) is 11.3 Å². The van der Waals surface area contributed by atoms with Gasteiger partial charge in [-0.2, -0.15) is 8.78 Å². The fraction of sp³-hybridized carbons (Fsp3) is 0.600. The summed E-state index contributed by atoms with van der Waals surface area (Å²) >= 11 is 0. The van der Waals surface area contributed by atoms with Gasteiger partial charge in [0.25, 0.3) is 0 Å². The quantitative estimate of drug-likeness (QED) is 0.514. The summed E-state index contributed by atoms with van der Waals surface area (Å²) in [5, 5.41) is 4.99. The Morgan fingerprint density at radius 3 is 2.62 bits per heavy atom. The van der Waals surface area contributed by atoms with Crippen molar-refractivity contribution in [1.82, 2.24) is 15.5 Å². The first kappa shape index (κ1) is 22.9. The largest absolute Gasteiger partial charge is 0.490 e. The molecule has 0 saturated heterocycles. The number of halogens is 2. The number of carbonyl (C=O) groups excluding carboxylic acids is 2. The summed E-state index contributed by atoms with van der Waals surface area (Å²) in [5.41, 5.74) is 0.808. The highest BCUT2D eigenvalue weighted by atomic mass is 19.3. The van der Waals surface area contributed by atoms with E-state index < -0.39 is 12.6 Å². The lowest BCUT2D eigenvalue weighted by molar-refractivity contribution is -0.121. The van der Waals surface area contributed by atoms with Gasteiger partial charge in [-0.3, -0.25) is 15.0 Å². The Morgan fingerprint density at radius 2 is 2.00 bits per heavy atom. The standard InChI is InChI=1S/C20H29F2N3O4/c1-3-5-10-23-20(27)24-18(26)13-25(15-7-8-15)12-14-6-9-16(29-19(21)22)17(11-14)28-4-2/h6,9,11,15,19H,3-5,7-8,10,12-13H2,1-2H3,(H2,23,24,26,27). The number of amides is 3. The summed E-state index contributed by atoms with van der Waals surface area (Å²) in [7, 11) is 0. The van der Waals surface area contributed by atoms with Gasteiger partial charge in [-0.05, 0) is 43.9 Å². The lowest BCUT2D eigenvalue weighted by Gasteiger charge is -2.22. The Balaban J connectivity index is 1.96. The predicted octanol–water partition coefficient (Wildman–Crippen LogP) is 3.28. The summed E-state index contributed by atoms with van der Waals surface area (Å²) in [6.07, 6.45) is 3.75. The Labute approximate surface area is 169 Å². The monoisotopic (exact) mass is 413 g/mol. The van der Waals surface area contributed by atoms with Gasteiger partial charge in [0.1, 0.15) is 0 Å². The van der Waals surface area contributed by atoms with Crippen LogP contribution in [0.15, 0.2) is 18.2 Å². The summed E-state index contributed by atoms with van der Waals surface area (Å²) in [5.74, 6) is -0.167. The van der Waals surface area contributed by atoms with Gasteiger partial charge in [-0.25, -0.2) is 4.79 Å². The van der Waals surface area contributed by atoms with Crippen LogP contribution in [0.5, 0.6) is 11.5 Å². The van der Waals surface area contributed by atoms with Gasteiger partial charge < -0.3 is 14.8 Å². The molecule has 2 N–H and O–H groups in total. The second-order valence-corrected chi connectivity index (χ2v) is 6.89. The molecule has 1 saturated carbocycles. The molecule has 29 heavy (non-hydrogen) atoms. The van der Waals surface area contributed by atoms with Gasteiger partial charge >= 0.3 is 12.6 Å². The first-order valence-electron chi connectivity index (χ1n) is 9.95. The highest BCUT2D eigenvalue weighted by molar-refractivity contribution is 5.95. The molecule has 0 spiro atoms. The third kappa shape index (κ3) is 8.23. The van der Waals surface area contributed by atoms with Crippen LogP contribution in [0.2, 0.25) is 0 Å². The molecule has 0 aromatic heterocycles. The number of urea groups is 1. The maximum atomic E-state index is 12.5. The van der Waals surface area contributed by atoms with Crippen LogP contribution in [0, 0.1) is 0 Å². The number of hydrogen-bond acceptors (Lipinski definition) is 5. The number of unbranched alkanes of at least 4 members (excludes halogenated alkanes) is 1. The molecular formula is C20H29F2N3O4. The second kappa shape index (κ2) is 11.5. The number of alkyl halides is 2. The molecule has 1 aliphatic rings. The van der Waals surface area contributed by atoms with E-state index in [-0.39, 0.29) is 30.0 Å². The van der Waals surface area contributed by atoms with Crippen molar-refractivity contribution in [3.8, 4) is 11.5 Å². The van der Waals surface area contributed by atoms with Crippen LogP contribution in [-0.4, -0.2) is 49.2 Å². The molecule has 7 nitrogen and oxygen atoms in total. The normalized spacial score (nSPS) is 13.4. The molecule has 0 radical (unpaired) electrons. The number of ether oxygens (including phenoxy) is 2. The Kier molecular flexibility index (Phi) is 9.11. The smallest absolute Gasteiger partial charge is 0.387 e. The minimum Gasteiger partial charge on any atom is -0.490 e. The van der Waals surface area contributed by atoms with E-state index in [1.807, 2.05) is 11.8 Å². The number of carbonyl (C=O) groups is 2. The van der Waals surface area contributed by atoms with E-state index in [2.05, 4.69) is 15.4 Å². The topological polar surface area (TPSA) is 79.9 Å². The number of hydrogen-bond donors (Lipinski definition) is 2. The maximum absolute atomic E-state index is 12.5. The number of nitrogens with zero attached hydrogens (tertiary/aromatic N) is 1. The fourth-order valence-electron chi connectivity index (χ4n) is 2.87. The molecule has 0 heterocycles. The van der Waals surface area contributed by atoms with Crippen LogP contribution in [0.4, 0.5) is 13.6 Å². The van der Waals surface area contributed by atoms with Crippen molar-refractivity contribution in [1.29, 1.82) is 0 Å². The molecule has 162 valence electrons. The molecule has 1 fully saturated rings. The summed E-state index contributed by atoms with van der Waals surface area (Å²) < 4.78 is 35.0. The average molecular weight is 413 g/mol. The van der Waals surface area contributed by atoms with Crippen molar-refractivity contribution >= 4 is 11.9 Å². The summed E-state index contributed by atoms with van der Waals surface area (Å²) in [6.45, 7) is 2.18. The average Bonchev–Trinajstić information content (AvgIpc) is 3.48. The number of nitrogens with one attached hydrogen (secondary N) is 2. The lowest BCUT2D eigenvalue weighted by Crippen LogP contribution is -2.45. The van der Waals surface area contributed by atoms with E-state index in [1.54, 1.807) is 19.1 Å². The van der Waals surface area contributed by atoms with Crippen LogP contribution >= 0.6 is 0 Å². The van der Waals surface area contributed by atoms with E-state index in [4.69, 9.17) is 4.74 Å². The molecule has 0 aliphatic heterocycles. The molecule has 1 aliphatic carbocycles. The van der Waals surface area contributed by atoms with Crippen molar-refractivity contribution < 1.29 is 27.8 Å². The molecule has 0 unspecified atom stereocenters. The first-order chi connectivity index (χ1) is 13.9. The summed E-state index contributed by atoms with van der Waals surface area (Å²) in [6, 6.07) is 4.53. The highest BCUT2D eigenvalue weighted by Gasteiger charge is 2.30. The summed E-state index contributed by atoms with van der Waals surface area (Å²) in [4.78, 5) is 25.9. The molecule has 1 aromatic carbocycles. The van der Waals surface area contributed by atoms with Crippen LogP contribution in [0.1, 0.15) is 45.1 Å². The zero-order valence-electron chi connectivity index (χ0n) is 16.9. The van der Waals surface area contributed by atoms with Crippen molar-refractivity contribution in [3.63, 3.8) is 0 Å². The van der Waals surface area contributed by atoms with E-state index in [9.17, 15) is 18.4 Å². The van der Waals surface area contributed by atoms with Gasteiger partial charge in [-0.1, -0.05) is 19.4 Å². The predicted molar refractivity (Wildman–Crippen MR) is 104 cm³/mol. The van der Waals surface area contributed by atoms with Crippen molar-refractivity contribution in [3.05, 3.63) is 23.8 Å². The first-order valence-corrected chi connectivity index (χ1v) is 9.95. The van der Waals surface area contributed by atoms with Crippen LogP contribution in [0.25, 0.3) is 0 Å². The van der Waals surface area contributed by atoms with Gasteiger partial charge in [0.2, 0.25) is 5.91 Å². The second-order valence-electron chi connectivity index (χ2n) is 6.89. The maximum Gasteiger partial charge on any atom is 0.387 e. The zero-order chi connectivity index (χ0) is 21.2. The van der Waals surface area contributed by atoms with E-state index >= 15 is 0 Å². The number of benzene rings is 1. The third-order valence-corrected chi connectivity index (χ3v) is 4.39. The van der Waals surface area contributed by atoms with E-state index in [0.717, 1.165) is 31.2 Å². The number of rotatable bonds is 12. The molecule has 9 heteroatoms. The molecule has 0 bridgehead atoms. The van der Waals surface area contributed by atoms with Crippen LogP contribution < -0.4 is 20.1 Å². The van der Waals surface area contributed by atoms with Gasteiger partial charge in [0.05, 0.1) is 13.2 Å². The molecule has 3 amide bonds. The number of imide groups is 1. The van der Waals surface area contributed by atoms with Crippen molar-refractivity contribution in [2.45, 2.75) is 58.7 Å². The SMILES string of the molecule is CCCCNC(=O)NC(=O)CN(Cc1ccc(OC(F)F)c(OCC)c1)C1CC1. The molecule has 0 atom stereocenters. The van der Waals surface area contributed by atoms with Gasteiger partial charge in [-0.15, -0.1) is 0 Å². The van der Waals surface area contributed by atoms with E-state index in [0.29, 0.717) is 19.7 Å². The highest BCUT2D eigenvalue weighted by Crippen LogP contribution is 2.32. The minimum atomic E-state index is -2.94. The Morgan fingerprint density at radius 1 is 1.24 bits per heavy atom. The molecular weight excluding hydrogens is 384 g/mol. The van der Waals surface area contributed by atoms with Gasteiger partial charge in [0, 0.05) is 19.1 Å². The van der Waals surface area contributed by atoms with Crippen LogP contribution in [0.3, 0.4) is 0 Å². The fourth-order valence-corrected chi connectivity index (χ4v) is 2.87. The van der Waals surface area contributed by atoms with Crippen molar-refractivity contribution in [2.24, 2.45) is 0 Å². The minimum absolute atomic E-state index is 0.0231. The zero-order valence-corrected chi connectivity index (χ0v) is 16.9. The third-order valence-electron chi connectivity index (χ3n) is 4.39. The molecule has 2 rings (SSSR count). The Bertz CT molecular complexity index is 684. The van der Waals surface area contributed by atoms with E-state index in [1.165, 1.54) is 6.07 Å². The van der Waals surface area contributed by atoms with Gasteiger partial charge in [0.15, 0.2) is 11.5 Å². The lowest BCUT2D eigenvalue weighted by atomic mass is 10.2. The molecule has 1 aromatic rings. The van der Waals surface area contributed by atoms with Crippen molar-refractivity contribution in [2.75, 3.05) is 19.7 Å². The Hall–Kier alpha value is -2.42.